The first-order valence-corrected chi connectivity index (χ1v) is 8.17. The van der Waals surface area contributed by atoms with Crippen molar-refractivity contribution in [3.05, 3.63) is 0 Å². The third-order valence-electron chi connectivity index (χ3n) is 3.97. The highest BCUT2D eigenvalue weighted by Gasteiger charge is 2.25. The molecule has 126 valence electrons. The van der Waals surface area contributed by atoms with Gasteiger partial charge in [-0.05, 0) is 50.0 Å². The molecule has 0 rings (SSSR count). The minimum atomic E-state index is -0.829. The molecular weight excluding hydrogens is 264 g/mol. The van der Waals surface area contributed by atoms with Crippen molar-refractivity contribution in [1.29, 1.82) is 0 Å². The van der Waals surface area contributed by atoms with Gasteiger partial charge in [-0.3, -0.25) is 4.79 Å². The van der Waals surface area contributed by atoms with Crippen molar-refractivity contribution in [3.8, 4) is 0 Å². The number of aliphatic hydroxyl groups is 1. The van der Waals surface area contributed by atoms with Crippen molar-refractivity contribution >= 4 is 5.91 Å². The average Bonchev–Trinajstić information content (AvgIpc) is 2.29. The van der Waals surface area contributed by atoms with Gasteiger partial charge < -0.3 is 16.2 Å². The summed E-state index contributed by atoms with van der Waals surface area (Å²) in [6.07, 6.45) is 2.98. The lowest BCUT2D eigenvalue weighted by molar-refractivity contribution is -0.122. The molecule has 0 fully saturated rings. The maximum absolute atomic E-state index is 12.0. The molecule has 0 saturated heterocycles. The van der Waals surface area contributed by atoms with E-state index in [-0.39, 0.29) is 11.3 Å². The quantitative estimate of drug-likeness (QED) is 0.613. The monoisotopic (exact) mass is 300 g/mol. The van der Waals surface area contributed by atoms with Crippen LogP contribution in [0.1, 0.15) is 67.2 Å². The summed E-state index contributed by atoms with van der Waals surface area (Å²) in [5, 5.41) is 13.1. The van der Waals surface area contributed by atoms with Gasteiger partial charge in [0, 0.05) is 13.0 Å². The van der Waals surface area contributed by atoms with Crippen LogP contribution in [0.3, 0.4) is 0 Å². The van der Waals surface area contributed by atoms with Crippen LogP contribution in [0.2, 0.25) is 0 Å². The Morgan fingerprint density at radius 1 is 1.19 bits per heavy atom. The lowest BCUT2D eigenvalue weighted by Gasteiger charge is -2.30. The van der Waals surface area contributed by atoms with Crippen LogP contribution in [0.15, 0.2) is 0 Å². The number of hydrogen-bond acceptors (Lipinski definition) is 3. The van der Waals surface area contributed by atoms with Gasteiger partial charge in [0.25, 0.3) is 0 Å². The molecule has 1 amide bonds. The number of amides is 1. The highest BCUT2D eigenvalue weighted by Crippen LogP contribution is 2.32. The molecule has 0 aliphatic heterocycles. The predicted molar refractivity (Wildman–Crippen MR) is 88.9 cm³/mol. The van der Waals surface area contributed by atoms with E-state index >= 15 is 0 Å². The van der Waals surface area contributed by atoms with Crippen LogP contribution in [0.5, 0.6) is 0 Å². The van der Waals surface area contributed by atoms with Crippen molar-refractivity contribution in [2.45, 2.75) is 72.8 Å². The highest BCUT2D eigenvalue weighted by molar-refractivity contribution is 5.75. The fourth-order valence-corrected chi connectivity index (χ4v) is 2.85. The van der Waals surface area contributed by atoms with Crippen LogP contribution in [0.25, 0.3) is 0 Å². The minimum absolute atomic E-state index is 0.0188. The second-order valence-corrected chi connectivity index (χ2v) is 8.05. The van der Waals surface area contributed by atoms with Crippen molar-refractivity contribution in [2.24, 2.45) is 23.0 Å². The lowest BCUT2D eigenvalue weighted by Crippen LogP contribution is -2.41. The maximum atomic E-state index is 12.0. The van der Waals surface area contributed by atoms with Gasteiger partial charge in [-0.15, -0.1) is 0 Å². The van der Waals surface area contributed by atoms with E-state index in [0.29, 0.717) is 37.8 Å². The summed E-state index contributed by atoms with van der Waals surface area (Å²) in [6, 6.07) is 0. The summed E-state index contributed by atoms with van der Waals surface area (Å²) in [7, 11) is 0. The third kappa shape index (κ3) is 9.86. The van der Waals surface area contributed by atoms with Crippen LogP contribution in [-0.2, 0) is 4.79 Å². The summed E-state index contributed by atoms with van der Waals surface area (Å²) in [6.45, 7) is 13.5. The summed E-state index contributed by atoms with van der Waals surface area (Å²) >= 11 is 0. The first kappa shape index (κ1) is 20.4. The first-order valence-electron chi connectivity index (χ1n) is 8.17. The number of rotatable bonds is 9. The molecule has 2 unspecified atom stereocenters. The Bertz CT molecular complexity index is 306. The van der Waals surface area contributed by atoms with Crippen LogP contribution in [0, 0.1) is 17.3 Å². The first-order chi connectivity index (χ1) is 9.48. The number of nitrogens with one attached hydrogen (secondary N) is 1. The minimum Gasteiger partial charge on any atom is -0.388 e. The molecule has 4 heteroatoms. The van der Waals surface area contributed by atoms with E-state index in [1.165, 1.54) is 0 Å². The van der Waals surface area contributed by atoms with Crippen LogP contribution < -0.4 is 11.1 Å². The SMILES string of the molecule is CC(C)CC(C)(O)CNC(=O)CCC(CCN)C(C)(C)C. The molecule has 0 radical (unpaired) electrons. The summed E-state index contributed by atoms with van der Waals surface area (Å²) in [5.74, 6) is 0.876. The topological polar surface area (TPSA) is 75.3 Å². The molecular formula is C17H36N2O2. The van der Waals surface area contributed by atoms with Crippen LogP contribution in [0.4, 0.5) is 0 Å². The summed E-state index contributed by atoms with van der Waals surface area (Å²) in [4.78, 5) is 12.0. The van der Waals surface area contributed by atoms with E-state index in [2.05, 4.69) is 39.9 Å². The zero-order valence-corrected chi connectivity index (χ0v) is 14.8. The Labute approximate surface area is 130 Å². The smallest absolute Gasteiger partial charge is 0.220 e. The highest BCUT2D eigenvalue weighted by atomic mass is 16.3. The third-order valence-corrected chi connectivity index (χ3v) is 3.97. The maximum Gasteiger partial charge on any atom is 0.220 e. The summed E-state index contributed by atoms with van der Waals surface area (Å²) in [5.41, 5.74) is 5.00. The molecule has 0 aromatic carbocycles. The zero-order chi connectivity index (χ0) is 16.7. The van der Waals surface area contributed by atoms with Crippen molar-refractivity contribution in [1.82, 2.24) is 5.32 Å². The molecule has 21 heavy (non-hydrogen) atoms. The average molecular weight is 300 g/mol. The normalized spacial score (nSPS) is 16.6. The van der Waals surface area contributed by atoms with Crippen LogP contribution in [-0.4, -0.2) is 29.7 Å². The Morgan fingerprint density at radius 2 is 1.76 bits per heavy atom. The fourth-order valence-electron chi connectivity index (χ4n) is 2.85. The van der Waals surface area contributed by atoms with E-state index in [1.54, 1.807) is 6.92 Å². The summed E-state index contributed by atoms with van der Waals surface area (Å²) < 4.78 is 0. The molecule has 0 spiro atoms. The van der Waals surface area contributed by atoms with Gasteiger partial charge in [-0.25, -0.2) is 0 Å². The lowest BCUT2D eigenvalue weighted by atomic mass is 9.76. The van der Waals surface area contributed by atoms with Gasteiger partial charge >= 0.3 is 0 Å². The molecule has 0 bridgehead atoms. The van der Waals surface area contributed by atoms with Crippen molar-refractivity contribution in [2.75, 3.05) is 13.1 Å². The molecule has 0 aromatic rings. The van der Waals surface area contributed by atoms with Gasteiger partial charge in [0.1, 0.15) is 0 Å². The molecule has 4 nitrogen and oxygen atoms in total. The van der Waals surface area contributed by atoms with E-state index in [9.17, 15) is 9.90 Å². The Hall–Kier alpha value is -0.610. The molecule has 0 aliphatic rings. The Balaban J connectivity index is 4.20. The van der Waals surface area contributed by atoms with E-state index in [0.717, 1.165) is 12.8 Å². The molecule has 0 saturated carbocycles. The molecule has 4 N–H and O–H groups in total. The van der Waals surface area contributed by atoms with Crippen molar-refractivity contribution < 1.29 is 9.90 Å². The number of nitrogens with two attached hydrogens (primary N) is 1. The van der Waals surface area contributed by atoms with Gasteiger partial charge in [0.2, 0.25) is 5.91 Å². The largest absolute Gasteiger partial charge is 0.388 e. The fraction of sp³-hybridized carbons (Fsp3) is 0.941. The van der Waals surface area contributed by atoms with Crippen molar-refractivity contribution in [3.63, 3.8) is 0 Å². The standard InChI is InChI=1S/C17H36N2O2/c1-13(2)11-17(6,21)12-19-15(20)8-7-14(9-10-18)16(3,4)5/h13-14,21H,7-12,18H2,1-6H3,(H,19,20). The van der Waals surface area contributed by atoms with Gasteiger partial charge in [0.15, 0.2) is 0 Å². The van der Waals surface area contributed by atoms with E-state index < -0.39 is 5.60 Å². The number of carbonyl (C=O) groups is 1. The number of hydrogen-bond donors (Lipinski definition) is 3. The van der Waals surface area contributed by atoms with Gasteiger partial charge in [0.05, 0.1) is 5.60 Å². The van der Waals surface area contributed by atoms with E-state index in [1.807, 2.05) is 0 Å². The zero-order valence-electron chi connectivity index (χ0n) is 14.8. The predicted octanol–water partition coefficient (Wildman–Crippen LogP) is 2.69. The Kier molecular flexibility index (Phi) is 8.49. The number of carbonyl (C=O) groups excluding carboxylic acids is 1. The molecule has 0 aliphatic carbocycles. The molecule has 0 aromatic heterocycles. The Morgan fingerprint density at radius 3 is 2.19 bits per heavy atom. The van der Waals surface area contributed by atoms with E-state index in [4.69, 9.17) is 5.73 Å². The van der Waals surface area contributed by atoms with Gasteiger partial charge in [-0.2, -0.15) is 0 Å². The molecule has 0 heterocycles. The van der Waals surface area contributed by atoms with Crippen LogP contribution >= 0.6 is 0 Å². The second-order valence-electron chi connectivity index (χ2n) is 8.05. The van der Waals surface area contributed by atoms with Gasteiger partial charge in [-0.1, -0.05) is 34.6 Å². The molecule has 2 atom stereocenters. The second kappa shape index (κ2) is 8.74.